The molecule has 0 aliphatic heterocycles. The van der Waals surface area contributed by atoms with Gasteiger partial charge in [0.25, 0.3) is 0 Å². The van der Waals surface area contributed by atoms with E-state index in [9.17, 15) is 9.18 Å². The summed E-state index contributed by atoms with van der Waals surface area (Å²) in [5.41, 5.74) is 2.59. The molecule has 0 radical (unpaired) electrons. The second kappa shape index (κ2) is 5.63. The van der Waals surface area contributed by atoms with Crippen LogP contribution >= 0.6 is 0 Å². The number of hydrogen-bond donors (Lipinski definition) is 2. The van der Waals surface area contributed by atoms with Crippen molar-refractivity contribution in [2.75, 3.05) is 12.4 Å². The minimum Gasteiger partial charge on any atom is -0.496 e. The van der Waals surface area contributed by atoms with E-state index in [1.54, 1.807) is 13.2 Å². The number of anilines is 1. The van der Waals surface area contributed by atoms with Crippen LogP contribution in [0.4, 0.5) is 10.2 Å². The van der Waals surface area contributed by atoms with Gasteiger partial charge in [0.05, 0.1) is 13.0 Å². The molecule has 4 rings (SSSR count). The summed E-state index contributed by atoms with van der Waals surface area (Å²) in [6.07, 6.45) is 1.14. The maximum atomic E-state index is 12.9. The molecule has 1 aliphatic rings. The number of methoxy groups -OCH3 is 1. The minimum atomic E-state index is -1.02. The number of para-hydroxylation sites is 1. The lowest BCUT2D eigenvalue weighted by atomic mass is 10.0. The van der Waals surface area contributed by atoms with Crippen molar-refractivity contribution < 1.29 is 13.9 Å². The van der Waals surface area contributed by atoms with Gasteiger partial charge in [-0.15, -0.1) is 0 Å². The molecule has 1 aliphatic carbocycles. The number of pyridine rings is 1. The molecule has 6 heteroatoms. The van der Waals surface area contributed by atoms with Gasteiger partial charge in [0.15, 0.2) is 0 Å². The average molecular weight is 325 g/mol. The summed E-state index contributed by atoms with van der Waals surface area (Å²) in [6, 6.07) is 11.4. The smallest absolute Gasteiger partial charge is 0.231 e. The molecule has 2 aromatic heterocycles. The van der Waals surface area contributed by atoms with E-state index in [2.05, 4.69) is 15.3 Å². The van der Waals surface area contributed by atoms with Crippen molar-refractivity contribution in [1.82, 2.24) is 9.97 Å². The predicted molar refractivity (Wildman–Crippen MR) is 89.7 cm³/mol. The fourth-order valence-electron chi connectivity index (χ4n) is 2.82. The quantitative estimate of drug-likeness (QED) is 0.771. The number of carbonyl (C=O) groups excluding carboxylic acids is 1. The standard InChI is InChI=1S/C18H16FN3O2/c1-24-15-5-3-2-4-10(15)13-9-20-17-11(13)6-7-16(21-17)22-18(23)12-8-14(12)19/h2-7,9,12,14H,8H2,1H3,(H2,20,21,22,23)/t12-,14+/m1/s1. The van der Waals surface area contributed by atoms with E-state index < -0.39 is 12.1 Å². The highest BCUT2D eigenvalue weighted by molar-refractivity contribution is 5.98. The van der Waals surface area contributed by atoms with E-state index in [1.165, 1.54) is 0 Å². The summed E-state index contributed by atoms with van der Waals surface area (Å²) in [6.45, 7) is 0. The van der Waals surface area contributed by atoms with Crippen molar-refractivity contribution in [1.29, 1.82) is 0 Å². The van der Waals surface area contributed by atoms with Gasteiger partial charge in [-0.1, -0.05) is 18.2 Å². The van der Waals surface area contributed by atoms with Crippen LogP contribution in [0.5, 0.6) is 5.75 Å². The molecule has 5 nitrogen and oxygen atoms in total. The molecule has 2 heterocycles. The number of aromatic nitrogens is 2. The molecule has 2 N–H and O–H groups in total. The van der Waals surface area contributed by atoms with Gasteiger partial charge in [-0.25, -0.2) is 9.37 Å². The Morgan fingerprint density at radius 3 is 2.83 bits per heavy atom. The number of benzene rings is 1. The van der Waals surface area contributed by atoms with Crippen molar-refractivity contribution in [3.8, 4) is 16.9 Å². The van der Waals surface area contributed by atoms with Crippen LogP contribution in [0.1, 0.15) is 6.42 Å². The second-order valence-corrected chi connectivity index (χ2v) is 5.84. The Morgan fingerprint density at radius 1 is 1.29 bits per heavy atom. The van der Waals surface area contributed by atoms with Crippen LogP contribution < -0.4 is 10.1 Å². The maximum Gasteiger partial charge on any atom is 0.231 e. The van der Waals surface area contributed by atoms with Gasteiger partial charge in [0.2, 0.25) is 5.91 Å². The number of hydrogen-bond acceptors (Lipinski definition) is 3. The second-order valence-electron chi connectivity index (χ2n) is 5.84. The molecule has 24 heavy (non-hydrogen) atoms. The fourth-order valence-corrected chi connectivity index (χ4v) is 2.82. The van der Waals surface area contributed by atoms with Crippen LogP contribution in [-0.4, -0.2) is 29.2 Å². The first-order valence-corrected chi connectivity index (χ1v) is 7.74. The summed E-state index contributed by atoms with van der Waals surface area (Å²) >= 11 is 0. The van der Waals surface area contributed by atoms with Crippen LogP contribution in [0.2, 0.25) is 0 Å². The zero-order chi connectivity index (χ0) is 16.7. The highest BCUT2D eigenvalue weighted by Gasteiger charge is 2.43. The Bertz CT molecular complexity index is 922. The summed E-state index contributed by atoms with van der Waals surface area (Å²) in [4.78, 5) is 19.3. The Kier molecular flexibility index (Phi) is 3.45. The number of nitrogens with one attached hydrogen (secondary N) is 2. The Morgan fingerprint density at radius 2 is 2.08 bits per heavy atom. The van der Waals surface area contributed by atoms with E-state index in [4.69, 9.17) is 4.74 Å². The molecule has 1 fully saturated rings. The molecule has 1 saturated carbocycles. The number of nitrogens with zero attached hydrogens (tertiary/aromatic N) is 1. The number of rotatable bonds is 4. The summed E-state index contributed by atoms with van der Waals surface area (Å²) < 4.78 is 18.4. The molecule has 0 saturated heterocycles. The largest absolute Gasteiger partial charge is 0.496 e. The SMILES string of the molecule is COc1ccccc1-c1c[nH]c2nc(NC(=O)[C@@H]3C[C@@H]3F)ccc12. The highest BCUT2D eigenvalue weighted by atomic mass is 19.1. The molecule has 0 bridgehead atoms. The Labute approximate surface area is 137 Å². The van der Waals surface area contributed by atoms with Crippen molar-refractivity contribution in [3.63, 3.8) is 0 Å². The number of ether oxygens (including phenoxy) is 1. The minimum absolute atomic E-state index is 0.300. The molecule has 122 valence electrons. The van der Waals surface area contributed by atoms with Gasteiger partial charge in [0.1, 0.15) is 23.4 Å². The normalized spacial score (nSPS) is 19.2. The van der Waals surface area contributed by atoms with Gasteiger partial charge < -0.3 is 15.0 Å². The molecule has 2 atom stereocenters. The third-order valence-electron chi connectivity index (χ3n) is 4.24. The van der Waals surface area contributed by atoms with E-state index in [0.717, 1.165) is 22.3 Å². The van der Waals surface area contributed by atoms with E-state index >= 15 is 0 Å². The Balaban J connectivity index is 1.67. The summed E-state index contributed by atoms with van der Waals surface area (Å²) in [5.74, 6) is 0.347. The van der Waals surface area contributed by atoms with Crippen LogP contribution in [0, 0.1) is 5.92 Å². The Hall–Kier alpha value is -2.89. The van der Waals surface area contributed by atoms with Crippen LogP contribution in [0.15, 0.2) is 42.6 Å². The zero-order valence-electron chi connectivity index (χ0n) is 13.0. The molecule has 0 spiro atoms. The highest BCUT2D eigenvalue weighted by Crippen LogP contribution is 2.36. The van der Waals surface area contributed by atoms with E-state index in [1.807, 2.05) is 36.5 Å². The topological polar surface area (TPSA) is 67.0 Å². The third kappa shape index (κ3) is 2.50. The van der Waals surface area contributed by atoms with Gasteiger partial charge in [-0.2, -0.15) is 0 Å². The van der Waals surface area contributed by atoms with Gasteiger partial charge in [0, 0.05) is 22.7 Å². The van der Waals surface area contributed by atoms with Crippen molar-refractivity contribution in [2.45, 2.75) is 12.6 Å². The van der Waals surface area contributed by atoms with E-state index in [0.29, 0.717) is 17.9 Å². The van der Waals surface area contributed by atoms with Crippen molar-refractivity contribution >= 4 is 22.8 Å². The molecular formula is C18H16FN3O2. The molecule has 1 amide bonds. The first-order valence-electron chi connectivity index (χ1n) is 7.74. The van der Waals surface area contributed by atoms with E-state index in [-0.39, 0.29) is 5.91 Å². The number of amides is 1. The summed E-state index contributed by atoms with van der Waals surface area (Å²) in [5, 5.41) is 3.59. The molecule has 3 aromatic rings. The number of fused-ring (bicyclic) bond motifs is 1. The number of aromatic amines is 1. The summed E-state index contributed by atoms with van der Waals surface area (Å²) in [7, 11) is 1.63. The third-order valence-corrected chi connectivity index (χ3v) is 4.24. The van der Waals surface area contributed by atoms with Gasteiger partial charge >= 0.3 is 0 Å². The first kappa shape index (κ1) is 14.7. The first-order chi connectivity index (χ1) is 11.7. The molecule has 1 aromatic carbocycles. The van der Waals surface area contributed by atoms with Crippen molar-refractivity contribution in [3.05, 3.63) is 42.6 Å². The zero-order valence-corrected chi connectivity index (χ0v) is 13.0. The monoisotopic (exact) mass is 325 g/mol. The number of carbonyl (C=O) groups is 1. The predicted octanol–water partition coefficient (Wildman–Crippen LogP) is 3.54. The maximum absolute atomic E-state index is 12.9. The molecule has 0 unspecified atom stereocenters. The number of alkyl halides is 1. The van der Waals surface area contributed by atoms with Crippen molar-refractivity contribution in [2.24, 2.45) is 5.92 Å². The lowest BCUT2D eigenvalue weighted by molar-refractivity contribution is -0.117. The lowest BCUT2D eigenvalue weighted by Crippen LogP contribution is -2.15. The van der Waals surface area contributed by atoms with Crippen LogP contribution in [-0.2, 0) is 4.79 Å². The fraction of sp³-hybridized carbons (Fsp3) is 0.222. The van der Waals surface area contributed by atoms with Crippen LogP contribution in [0.3, 0.4) is 0 Å². The molecular weight excluding hydrogens is 309 g/mol. The van der Waals surface area contributed by atoms with Gasteiger partial charge in [-0.3, -0.25) is 4.79 Å². The number of halogens is 1. The number of H-pyrrole nitrogens is 1. The lowest BCUT2D eigenvalue weighted by Gasteiger charge is -2.07. The average Bonchev–Trinajstić information content (AvgIpc) is 3.19. The van der Waals surface area contributed by atoms with Crippen LogP contribution in [0.25, 0.3) is 22.2 Å². The van der Waals surface area contributed by atoms with Gasteiger partial charge in [-0.05, 0) is 24.6 Å².